The predicted molar refractivity (Wildman–Crippen MR) is 256 cm³/mol. The van der Waals surface area contributed by atoms with Crippen LogP contribution in [0.1, 0.15) is 207 Å². The molecule has 340 valence electrons. The Kier molecular flexibility index (Phi) is 45.1. The number of ether oxygens (including phenoxy) is 3. The third-order valence-electron chi connectivity index (χ3n) is 9.94. The van der Waals surface area contributed by atoms with Crippen molar-refractivity contribution < 1.29 is 28.6 Å². The number of hydrogen-bond acceptors (Lipinski definition) is 6. The van der Waals surface area contributed by atoms with E-state index < -0.39 is 6.10 Å². The Labute approximate surface area is 368 Å². The van der Waals surface area contributed by atoms with E-state index >= 15 is 0 Å². The second kappa shape index (κ2) is 48.0. The molecule has 1 atom stereocenters. The molecule has 0 fully saturated rings. The Hall–Kier alpha value is -3.67. The van der Waals surface area contributed by atoms with Gasteiger partial charge >= 0.3 is 17.9 Å². The molecule has 6 nitrogen and oxygen atoms in total. The van der Waals surface area contributed by atoms with Crippen LogP contribution >= 0.6 is 0 Å². The summed E-state index contributed by atoms with van der Waals surface area (Å²) in [5, 5.41) is 0. The van der Waals surface area contributed by atoms with Gasteiger partial charge in [-0.1, -0.05) is 201 Å². The lowest BCUT2D eigenvalue weighted by atomic mass is 10.1. The average Bonchev–Trinajstić information content (AvgIpc) is 3.24. The van der Waals surface area contributed by atoms with Gasteiger partial charge in [-0.2, -0.15) is 0 Å². The van der Waals surface area contributed by atoms with Crippen LogP contribution in [0.2, 0.25) is 0 Å². The van der Waals surface area contributed by atoms with Crippen molar-refractivity contribution in [2.24, 2.45) is 0 Å². The highest BCUT2D eigenvalue weighted by molar-refractivity contribution is 5.71. The molecule has 0 radical (unpaired) electrons. The molecule has 0 bridgehead atoms. The number of hydrogen-bond donors (Lipinski definition) is 0. The van der Waals surface area contributed by atoms with Gasteiger partial charge in [-0.25, -0.2) is 0 Å². The van der Waals surface area contributed by atoms with Gasteiger partial charge in [0.2, 0.25) is 0 Å². The van der Waals surface area contributed by atoms with Gasteiger partial charge in [-0.3, -0.25) is 14.4 Å². The van der Waals surface area contributed by atoms with Crippen LogP contribution in [-0.2, 0) is 28.6 Å². The summed E-state index contributed by atoms with van der Waals surface area (Å²) in [4.78, 5) is 37.8. The largest absolute Gasteiger partial charge is 0.462 e. The highest BCUT2D eigenvalue weighted by atomic mass is 16.6. The minimum absolute atomic E-state index is 0.111. The Balaban J connectivity index is 4.51. The van der Waals surface area contributed by atoms with E-state index in [0.29, 0.717) is 12.8 Å². The third kappa shape index (κ3) is 45.4. The molecule has 0 rings (SSSR count). The number of rotatable bonds is 42. The Morgan fingerprint density at radius 2 is 0.667 bits per heavy atom. The highest BCUT2D eigenvalue weighted by Crippen LogP contribution is 2.12. The van der Waals surface area contributed by atoms with Crippen molar-refractivity contribution in [1.82, 2.24) is 0 Å². The fraction of sp³-hybridized carbons (Fsp3) is 0.648. The summed E-state index contributed by atoms with van der Waals surface area (Å²) in [7, 11) is 0. The van der Waals surface area contributed by atoms with Crippen molar-refractivity contribution in [1.29, 1.82) is 0 Å². The number of unbranched alkanes of at least 4 members (excludes halogenated alkanes) is 20. The average molecular weight is 833 g/mol. The van der Waals surface area contributed by atoms with E-state index in [1.54, 1.807) is 0 Å². The molecule has 0 heterocycles. The van der Waals surface area contributed by atoms with Crippen LogP contribution in [-0.4, -0.2) is 37.2 Å². The molecule has 60 heavy (non-hydrogen) atoms. The fourth-order valence-corrected chi connectivity index (χ4v) is 6.24. The summed E-state index contributed by atoms with van der Waals surface area (Å²) in [5.74, 6) is -0.994. The smallest absolute Gasteiger partial charge is 0.306 e. The number of carbonyl (C=O) groups is 3. The van der Waals surface area contributed by atoms with E-state index in [1.807, 2.05) is 24.3 Å². The first-order valence-electron chi connectivity index (χ1n) is 24.3. The molecule has 0 saturated carbocycles. The SMILES string of the molecule is CC\C=C/C=C\C=C/C=C\CCCCCCCC(=O)OC(COC(=O)CCCCC/C=C\C=C/CCCC)COC(=O)CCCCC/C=C\C=C/CCCCCCCCC. The molecule has 1 unspecified atom stereocenters. The number of carbonyl (C=O) groups excluding carboxylic acids is 3. The Morgan fingerprint density at radius 3 is 1.10 bits per heavy atom. The summed E-state index contributed by atoms with van der Waals surface area (Å²) in [6.45, 7) is 6.35. The summed E-state index contributed by atoms with van der Waals surface area (Å²) in [6, 6.07) is 0. The van der Waals surface area contributed by atoms with E-state index in [2.05, 4.69) is 93.7 Å². The van der Waals surface area contributed by atoms with Gasteiger partial charge in [0.25, 0.3) is 0 Å². The molecule has 6 heteroatoms. The highest BCUT2D eigenvalue weighted by Gasteiger charge is 2.19. The molecule has 0 aromatic heterocycles. The molecule has 0 aromatic carbocycles. The molecule has 0 aromatic rings. The quantitative estimate of drug-likeness (QED) is 0.0264. The van der Waals surface area contributed by atoms with Gasteiger partial charge in [0.05, 0.1) is 0 Å². The fourth-order valence-electron chi connectivity index (χ4n) is 6.24. The molecule has 0 aliphatic rings. The molecule has 0 aliphatic heterocycles. The van der Waals surface area contributed by atoms with E-state index in [-0.39, 0.29) is 37.5 Å². The van der Waals surface area contributed by atoms with Crippen molar-refractivity contribution >= 4 is 17.9 Å². The van der Waals surface area contributed by atoms with Gasteiger partial charge in [-0.05, 0) is 83.5 Å². The van der Waals surface area contributed by atoms with Crippen LogP contribution in [0.5, 0.6) is 0 Å². The van der Waals surface area contributed by atoms with Crippen LogP contribution in [0.25, 0.3) is 0 Å². The van der Waals surface area contributed by atoms with Crippen LogP contribution in [0.15, 0.2) is 97.2 Å². The first kappa shape index (κ1) is 56.3. The lowest BCUT2D eigenvalue weighted by Crippen LogP contribution is -2.30. The number of allylic oxidation sites excluding steroid dienone is 16. The van der Waals surface area contributed by atoms with E-state index in [1.165, 1.54) is 57.8 Å². The van der Waals surface area contributed by atoms with Crippen molar-refractivity contribution in [3.05, 3.63) is 97.2 Å². The topological polar surface area (TPSA) is 78.9 Å². The lowest BCUT2D eigenvalue weighted by Gasteiger charge is -2.18. The minimum Gasteiger partial charge on any atom is -0.462 e. The molecular formula is C54H88O6. The summed E-state index contributed by atoms with van der Waals surface area (Å²) in [5.41, 5.74) is 0. The standard InChI is InChI=1S/C54H88O6/c1-4-7-10-13-16-19-22-24-26-28-29-32-35-38-41-44-47-53(56)59-50-51(49-58-52(55)46-43-40-37-34-31-21-18-15-12-9-6-3)60-54(57)48-45-42-39-36-33-30-27-25-23-20-17-14-11-8-5-2/h8,11,14-15,17-18,20-21,23,25-29,31-32,51H,4-7,9-10,12-13,16,19,22,24,30,33-50H2,1-3H3/b11-8-,17-14-,18-15-,23-20-,27-25-,28-26-,31-21-,32-29-. The van der Waals surface area contributed by atoms with Gasteiger partial charge < -0.3 is 14.2 Å². The van der Waals surface area contributed by atoms with Crippen molar-refractivity contribution in [3.63, 3.8) is 0 Å². The zero-order chi connectivity index (χ0) is 43.7. The molecular weight excluding hydrogens is 745 g/mol. The first-order valence-corrected chi connectivity index (χ1v) is 24.3. The van der Waals surface area contributed by atoms with Crippen molar-refractivity contribution in [3.8, 4) is 0 Å². The first-order chi connectivity index (χ1) is 29.5. The monoisotopic (exact) mass is 833 g/mol. The molecule has 0 aliphatic carbocycles. The Bertz CT molecular complexity index is 1230. The second-order valence-corrected chi connectivity index (χ2v) is 15.8. The minimum atomic E-state index is -0.811. The maximum atomic E-state index is 12.8. The van der Waals surface area contributed by atoms with Crippen LogP contribution < -0.4 is 0 Å². The maximum absolute atomic E-state index is 12.8. The van der Waals surface area contributed by atoms with Crippen molar-refractivity contribution in [2.75, 3.05) is 13.2 Å². The van der Waals surface area contributed by atoms with Crippen LogP contribution in [0.3, 0.4) is 0 Å². The molecule has 0 N–H and O–H groups in total. The summed E-state index contributed by atoms with van der Waals surface area (Å²) >= 11 is 0. The van der Waals surface area contributed by atoms with Crippen molar-refractivity contribution in [2.45, 2.75) is 213 Å². The Morgan fingerprint density at radius 1 is 0.350 bits per heavy atom. The summed E-state index contributed by atoms with van der Waals surface area (Å²) < 4.78 is 16.7. The second-order valence-electron chi connectivity index (χ2n) is 15.8. The van der Waals surface area contributed by atoms with E-state index in [9.17, 15) is 14.4 Å². The normalized spacial score (nSPS) is 12.9. The van der Waals surface area contributed by atoms with Crippen LogP contribution in [0, 0.1) is 0 Å². The molecule has 0 spiro atoms. The summed E-state index contributed by atoms with van der Waals surface area (Å²) in [6.07, 6.45) is 62.5. The zero-order valence-electron chi connectivity index (χ0n) is 38.7. The van der Waals surface area contributed by atoms with Gasteiger partial charge in [0.15, 0.2) is 6.10 Å². The van der Waals surface area contributed by atoms with E-state index in [4.69, 9.17) is 14.2 Å². The number of esters is 3. The third-order valence-corrected chi connectivity index (χ3v) is 9.94. The zero-order valence-corrected chi connectivity index (χ0v) is 38.7. The van der Waals surface area contributed by atoms with Gasteiger partial charge in [0.1, 0.15) is 13.2 Å². The van der Waals surface area contributed by atoms with Gasteiger partial charge in [-0.15, -0.1) is 0 Å². The lowest BCUT2D eigenvalue weighted by molar-refractivity contribution is -0.167. The molecule has 0 saturated heterocycles. The predicted octanol–water partition coefficient (Wildman–Crippen LogP) is 15.8. The van der Waals surface area contributed by atoms with E-state index in [0.717, 1.165) is 109 Å². The maximum Gasteiger partial charge on any atom is 0.306 e. The molecule has 0 amide bonds. The van der Waals surface area contributed by atoms with Crippen LogP contribution in [0.4, 0.5) is 0 Å². The van der Waals surface area contributed by atoms with Gasteiger partial charge in [0, 0.05) is 19.3 Å².